The number of hydrogen-bond donors (Lipinski definition) is 2. The van der Waals surface area contributed by atoms with E-state index < -0.39 is 23.4 Å². The van der Waals surface area contributed by atoms with E-state index in [1.807, 2.05) is 6.92 Å². The molecule has 18 heavy (non-hydrogen) atoms. The number of amides is 1. The van der Waals surface area contributed by atoms with E-state index in [4.69, 9.17) is 5.11 Å². The van der Waals surface area contributed by atoms with Crippen LogP contribution in [-0.4, -0.2) is 27.5 Å². The Bertz CT molecular complexity index is 447. The van der Waals surface area contributed by atoms with E-state index in [-0.39, 0.29) is 5.56 Å². The van der Waals surface area contributed by atoms with E-state index in [0.29, 0.717) is 12.8 Å². The monoisotopic (exact) mass is 254 g/mol. The van der Waals surface area contributed by atoms with E-state index in [2.05, 4.69) is 10.3 Å². The zero-order chi connectivity index (χ0) is 13.8. The number of pyridine rings is 1. The fourth-order valence-corrected chi connectivity index (χ4v) is 1.56. The van der Waals surface area contributed by atoms with E-state index in [9.17, 15) is 14.0 Å². The first kappa shape index (κ1) is 14.1. The number of rotatable bonds is 5. The van der Waals surface area contributed by atoms with Crippen LogP contribution < -0.4 is 5.32 Å². The standard InChI is InChI=1S/C12H15FN2O3/c1-3-6-12(2,11(17)18)15-10(16)8-4-5-9(13)14-7-8/h4-5,7H,3,6H2,1-2H3,(H,15,16)(H,17,18). The molecule has 0 spiro atoms. The van der Waals surface area contributed by atoms with Gasteiger partial charge in [0, 0.05) is 6.20 Å². The topological polar surface area (TPSA) is 79.3 Å². The summed E-state index contributed by atoms with van der Waals surface area (Å²) in [5, 5.41) is 11.5. The number of carbonyl (C=O) groups is 2. The van der Waals surface area contributed by atoms with Crippen LogP contribution in [0.15, 0.2) is 18.3 Å². The van der Waals surface area contributed by atoms with Crippen LogP contribution in [0.5, 0.6) is 0 Å². The summed E-state index contributed by atoms with van der Waals surface area (Å²) < 4.78 is 12.6. The molecule has 1 atom stereocenters. The first-order valence-corrected chi connectivity index (χ1v) is 5.56. The Labute approximate surface area is 104 Å². The van der Waals surface area contributed by atoms with E-state index in [1.54, 1.807) is 0 Å². The zero-order valence-corrected chi connectivity index (χ0v) is 10.2. The molecular weight excluding hydrogens is 239 g/mol. The third kappa shape index (κ3) is 3.26. The smallest absolute Gasteiger partial charge is 0.329 e. The number of hydrogen-bond acceptors (Lipinski definition) is 3. The lowest BCUT2D eigenvalue weighted by Crippen LogP contribution is -2.52. The summed E-state index contributed by atoms with van der Waals surface area (Å²) in [4.78, 5) is 26.3. The lowest BCUT2D eigenvalue weighted by molar-refractivity contribution is -0.144. The van der Waals surface area contributed by atoms with Crippen LogP contribution in [0.2, 0.25) is 0 Å². The predicted octanol–water partition coefficient (Wildman–Crippen LogP) is 1.59. The molecule has 98 valence electrons. The highest BCUT2D eigenvalue weighted by Gasteiger charge is 2.34. The molecule has 0 fully saturated rings. The van der Waals surface area contributed by atoms with Gasteiger partial charge in [-0.1, -0.05) is 13.3 Å². The first-order valence-electron chi connectivity index (χ1n) is 5.56. The Hall–Kier alpha value is -1.98. The van der Waals surface area contributed by atoms with Gasteiger partial charge in [0.25, 0.3) is 5.91 Å². The third-order valence-electron chi connectivity index (χ3n) is 2.60. The Morgan fingerprint density at radius 3 is 2.61 bits per heavy atom. The van der Waals surface area contributed by atoms with Gasteiger partial charge in [-0.2, -0.15) is 4.39 Å². The van der Waals surface area contributed by atoms with Crippen LogP contribution in [0, 0.1) is 5.95 Å². The van der Waals surface area contributed by atoms with Crippen molar-refractivity contribution < 1.29 is 19.1 Å². The van der Waals surface area contributed by atoms with Gasteiger partial charge in [-0.15, -0.1) is 0 Å². The molecule has 0 aromatic carbocycles. The van der Waals surface area contributed by atoms with Crippen molar-refractivity contribution in [3.05, 3.63) is 29.8 Å². The predicted molar refractivity (Wildman–Crippen MR) is 62.6 cm³/mol. The molecular formula is C12H15FN2O3. The molecule has 0 aliphatic rings. The van der Waals surface area contributed by atoms with Crippen molar-refractivity contribution in [3.8, 4) is 0 Å². The second-order valence-electron chi connectivity index (χ2n) is 4.21. The van der Waals surface area contributed by atoms with Crippen molar-refractivity contribution in [1.29, 1.82) is 0 Å². The van der Waals surface area contributed by atoms with Crippen LogP contribution in [0.1, 0.15) is 37.0 Å². The summed E-state index contributed by atoms with van der Waals surface area (Å²) in [6.07, 6.45) is 1.99. The quantitative estimate of drug-likeness (QED) is 0.782. The van der Waals surface area contributed by atoms with Crippen LogP contribution in [0.4, 0.5) is 4.39 Å². The summed E-state index contributed by atoms with van der Waals surface area (Å²) in [7, 11) is 0. The van der Waals surface area contributed by atoms with E-state index in [0.717, 1.165) is 12.3 Å². The number of halogens is 1. The number of nitrogens with zero attached hydrogens (tertiary/aromatic N) is 1. The molecule has 6 heteroatoms. The number of carboxylic acid groups (broad SMARTS) is 1. The highest BCUT2D eigenvalue weighted by molar-refractivity contribution is 5.97. The maximum atomic E-state index is 12.6. The largest absolute Gasteiger partial charge is 0.480 e. The van der Waals surface area contributed by atoms with Gasteiger partial charge in [0.1, 0.15) is 5.54 Å². The second-order valence-corrected chi connectivity index (χ2v) is 4.21. The molecule has 1 amide bonds. The molecule has 0 saturated heterocycles. The van der Waals surface area contributed by atoms with Gasteiger partial charge in [-0.25, -0.2) is 9.78 Å². The zero-order valence-electron chi connectivity index (χ0n) is 10.2. The van der Waals surface area contributed by atoms with Crippen LogP contribution >= 0.6 is 0 Å². The Kier molecular flexibility index (Phi) is 4.36. The molecule has 0 bridgehead atoms. The number of nitrogens with one attached hydrogen (secondary N) is 1. The van der Waals surface area contributed by atoms with Crippen molar-refractivity contribution in [2.24, 2.45) is 0 Å². The molecule has 5 nitrogen and oxygen atoms in total. The van der Waals surface area contributed by atoms with Crippen molar-refractivity contribution in [2.45, 2.75) is 32.2 Å². The first-order chi connectivity index (χ1) is 8.39. The SMILES string of the molecule is CCCC(C)(NC(=O)c1ccc(F)nc1)C(=O)O. The molecule has 1 aromatic heterocycles. The Balaban J connectivity index is 2.85. The molecule has 0 aliphatic carbocycles. The van der Waals surface area contributed by atoms with Gasteiger partial charge >= 0.3 is 5.97 Å². The summed E-state index contributed by atoms with van der Waals surface area (Å²) >= 11 is 0. The van der Waals surface area contributed by atoms with Gasteiger partial charge in [0.15, 0.2) is 0 Å². The van der Waals surface area contributed by atoms with Crippen molar-refractivity contribution in [3.63, 3.8) is 0 Å². The minimum atomic E-state index is -1.33. The average Bonchev–Trinajstić information content (AvgIpc) is 2.29. The van der Waals surface area contributed by atoms with Crippen molar-refractivity contribution in [1.82, 2.24) is 10.3 Å². The van der Waals surface area contributed by atoms with E-state index >= 15 is 0 Å². The summed E-state index contributed by atoms with van der Waals surface area (Å²) in [5.74, 6) is -2.38. The Morgan fingerprint density at radius 2 is 2.17 bits per heavy atom. The summed E-state index contributed by atoms with van der Waals surface area (Å²) in [6, 6.07) is 2.30. The Morgan fingerprint density at radius 1 is 1.50 bits per heavy atom. The highest BCUT2D eigenvalue weighted by Crippen LogP contribution is 2.13. The fourth-order valence-electron chi connectivity index (χ4n) is 1.56. The molecule has 0 radical (unpaired) electrons. The van der Waals surface area contributed by atoms with Crippen LogP contribution in [0.3, 0.4) is 0 Å². The molecule has 1 aromatic rings. The highest BCUT2D eigenvalue weighted by atomic mass is 19.1. The van der Waals surface area contributed by atoms with Crippen LogP contribution in [0.25, 0.3) is 0 Å². The van der Waals surface area contributed by atoms with Crippen LogP contribution in [-0.2, 0) is 4.79 Å². The van der Waals surface area contributed by atoms with Gasteiger partial charge < -0.3 is 10.4 Å². The lowest BCUT2D eigenvalue weighted by Gasteiger charge is -2.25. The minimum Gasteiger partial charge on any atom is -0.480 e. The summed E-state index contributed by atoms with van der Waals surface area (Å²) in [6.45, 7) is 3.26. The van der Waals surface area contributed by atoms with E-state index in [1.165, 1.54) is 13.0 Å². The fraction of sp³-hybridized carbons (Fsp3) is 0.417. The number of aliphatic carboxylic acids is 1. The van der Waals surface area contributed by atoms with Gasteiger partial charge in [-0.3, -0.25) is 4.79 Å². The van der Waals surface area contributed by atoms with Gasteiger partial charge in [0.2, 0.25) is 5.95 Å². The molecule has 2 N–H and O–H groups in total. The average molecular weight is 254 g/mol. The second kappa shape index (κ2) is 5.57. The van der Waals surface area contributed by atoms with Crippen molar-refractivity contribution in [2.75, 3.05) is 0 Å². The third-order valence-corrected chi connectivity index (χ3v) is 2.60. The molecule has 0 aliphatic heterocycles. The normalized spacial score (nSPS) is 13.7. The van der Waals surface area contributed by atoms with Gasteiger partial charge in [-0.05, 0) is 25.5 Å². The number of aromatic nitrogens is 1. The number of carbonyl (C=O) groups excluding carboxylic acids is 1. The molecule has 1 unspecified atom stereocenters. The lowest BCUT2D eigenvalue weighted by atomic mass is 9.96. The molecule has 1 rings (SSSR count). The summed E-state index contributed by atoms with van der Waals surface area (Å²) in [5.41, 5.74) is -1.21. The number of carboxylic acids is 1. The molecule has 1 heterocycles. The molecule has 0 saturated carbocycles. The maximum absolute atomic E-state index is 12.6. The van der Waals surface area contributed by atoms with Gasteiger partial charge in [0.05, 0.1) is 5.56 Å². The maximum Gasteiger partial charge on any atom is 0.329 e. The van der Waals surface area contributed by atoms with Crippen molar-refractivity contribution >= 4 is 11.9 Å². The minimum absolute atomic E-state index is 0.125.